The van der Waals surface area contributed by atoms with Crippen molar-refractivity contribution < 1.29 is 8.42 Å². The van der Waals surface area contributed by atoms with Gasteiger partial charge < -0.3 is 9.88 Å². The van der Waals surface area contributed by atoms with Crippen LogP contribution in [0.2, 0.25) is 0 Å². The van der Waals surface area contributed by atoms with Crippen LogP contribution < -0.4 is 11.0 Å². The zero-order chi connectivity index (χ0) is 18.5. The van der Waals surface area contributed by atoms with Crippen LogP contribution >= 0.6 is 0 Å². The summed E-state index contributed by atoms with van der Waals surface area (Å²) in [4.78, 5) is 17.3. The number of hydrogen-bond donors (Lipinski definition) is 1. The lowest BCUT2D eigenvalue weighted by Crippen LogP contribution is -2.36. The normalized spacial score (nSPS) is 16.4. The predicted molar refractivity (Wildman–Crippen MR) is 97.9 cm³/mol. The SMILES string of the molecule is Cc1nc(S(=O)(=O)n2c(=O)n(C3CCNCC3)c3ccccc32)cn1C. The first kappa shape index (κ1) is 17.0. The number of nitrogens with one attached hydrogen (secondary N) is 1. The van der Waals surface area contributed by atoms with Gasteiger partial charge in [-0.25, -0.2) is 9.78 Å². The Balaban J connectivity index is 1.99. The monoisotopic (exact) mass is 375 g/mol. The van der Waals surface area contributed by atoms with Crippen molar-refractivity contribution >= 4 is 21.1 Å². The molecule has 1 saturated heterocycles. The second kappa shape index (κ2) is 6.10. The maximum absolute atomic E-state index is 13.2. The number of fused-ring (bicyclic) bond motifs is 1. The van der Waals surface area contributed by atoms with Gasteiger partial charge in [0.2, 0.25) is 0 Å². The Hall–Kier alpha value is -2.39. The van der Waals surface area contributed by atoms with Crippen LogP contribution in [0.25, 0.3) is 11.0 Å². The van der Waals surface area contributed by atoms with Crippen LogP contribution in [-0.2, 0) is 17.1 Å². The van der Waals surface area contributed by atoms with Gasteiger partial charge in [0.15, 0.2) is 5.03 Å². The predicted octanol–water partition coefficient (Wildman–Crippen LogP) is 1.01. The summed E-state index contributed by atoms with van der Waals surface area (Å²) < 4.78 is 30.5. The Bertz CT molecular complexity index is 1110. The topological polar surface area (TPSA) is 90.9 Å². The third-order valence-corrected chi connectivity index (χ3v) is 6.56. The van der Waals surface area contributed by atoms with Crippen molar-refractivity contribution in [2.45, 2.75) is 30.8 Å². The number of imidazole rings is 2. The van der Waals surface area contributed by atoms with E-state index in [2.05, 4.69) is 10.3 Å². The lowest BCUT2D eigenvalue weighted by molar-refractivity contribution is 0.367. The van der Waals surface area contributed by atoms with Gasteiger partial charge in [0.05, 0.1) is 11.0 Å². The molecule has 0 atom stereocenters. The first-order valence-corrected chi connectivity index (χ1v) is 10.0. The number of para-hydroxylation sites is 2. The van der Waals surface area contributed by atoms with E-state index in [4.69, 9.17) is 0 Å². The molecule has 138 valence electrons. The Morgan fingerprint density at radius 3 is 2.42 bits per heavy atom. The number of rotatable bonds is 3. The van der Waals surface area contributed by atoms with Crippen LogP contribution in [0.4, 0.5) is 0 Å². The summed E-state index contributed by atoms with van der Waals surface area (Å²) >= 11 is 0. The zero-order valence-electron chi connectivity index (χ0n) is 14.7. The number of benzene rings is 1. The lowest BCUT2D eigenvalue weighted by Gasteiger charge is -2.23. The van der Waals surface area contributed by atoms with Gasteiger partial charge in [-0.15, -0.1) is 0 Å². The second-order valence-electron chi connectivity index (χ2n) is 6.63. The fourth-order valence-electron chi connectivity index (χ4n) is 3.54. The van der Waals surface area contributed by atoms with Crippen LogP contribution in [0.15, 0.2) is 40.3 Å². The van der Waals surface area contributed by atoms with Crippen molar-refractivity contribution in [3.8, 4) is 0 Å². The number of aryl methyl sites for hydroxylation is 2. The van der Waals surface area contributed by atoms with Gasteiger partial charge in [-0.1, -0.05) is 12.1 Å². The molecular weight excluding hydrogens is 354 g/mol. The molecule has 9 heteroatoms. The molecule has 0 bridgehead atoms. The second-order valence-corrected chi connectivity index (χ2v) is 8.36. The minimum absolute atomic E-state index is 0.0180. The number of hydrogen-bond acceptors (Lipinski definition) is 5. The molecule has 26 heavy (non-hydrogen) atoms. The minimum atomic E-state index is -4.08. The standard InChI is InChI=1S/C17H21N5O3S/c1-12-19-16(11-20(12)2)26(24,25)22-15-6-4-3-5-14(15)21(17(22)23)13-7-9-18-10-8-13/h3-6,11,13,18H,7-10H2,1-2H3. The van der Waals surface area contributed by atoms with Gasteiger partial charge >= 0.3 is 5.69 Å². The summed E-state index contributed by atoms with van der Waals surface area (Å²) in [5.41, 5.74) is 0.501. The number of aromatic nitrogens is 4. The molecule has 0 amide bonds. The Morgan fingerprint density at radius 2 is 1.81 bits per heavy atom. The van der Waals surface area contributed by atoms with Gasteiger partial charge in [-0.05, 0) is 45.0 Å². The summed E-state index contributed by atoms with van der Waals surface area (Å²) in [5.74, 6) is 0.568. The molecule has 1 N–H and O–H groups in total. The Labute approximate surface area is 151 Å². The minimum Gasteiger partial charge on any atom is -0.337 e. The van der Waals surface area contributed by atoms with Crippen molar-refractivity contribution in [3.63, 3.8) is 0 Å². The Morgan fingerprint density at radius 1 is 1.15 bits per heavy atom. The van der Waals surface area contributed by atoms with Crippen molar-refractivity contribution in [2.24, 2.45) is 7.05 Å². The van der Waals surface area contributed by atoms with E-state index < -0.39 is 15.7 Å². The molecule has 4 rings (SSSR count). The highest BCUT2D eigenvalue weighted by Gasteiger charge is 2.30. The quantitative estimate of drug-likeness (QED) is 0.738. The van der Waals surface area contributed by atoms with Crippen LogP contribution in [0.3, 0.4) is 0 Å². The van der Waals surface area contributed by atoms with Crippen molar-refractivity contribution in [3.05, 3.63) is 46.8 Å². The molecule has 0 unspecified atom stereocenters. The molecule has 2 aromatic heterocycles. The summed E-state index contributed by atoms with van der Waals surface area (Å²) in [6.07, 6.45) is 3.01. The van der Waals surface area contributed by atoms with Gasteiger partial charge in [-0.3, -0.25) is 4.57 Å². The number of piperidine rings is 1. The summed E-state index contributed by atoms with van der Waals surface area (Å²) in [6, 6.07) is 7.01. The van der Waals surface area contributed by atoms with E-state index in [1.54, 1.807) is 41.3 Å². The Kier molecular flexibility index (Phi) is 4.00. The van der Waals surface area contributed by atoms with Crippen molar-refractivity contribution in [2.75, 3.05) is 13.1 Å². The van der Waals surface area contributed by atoms with E-state index in [9.17, 15) is 13.2 Å². The van der Waals surface area contributed by atoms with Crippen LogP contribution in [0.5, 0.6) is 0 Å². The molecule has 1 aliphatic rings. The fourth-order valence-corrected chi connectivity index (χ4v) is 4.97. The third kappa shape index (κ3) is 2.50. The van der Waals surface area contributed by atoms with Crippen molar-refractivity contribution in [1.29, 1.82) is 0 Å². The lowest BCUT2D eigenvalue weighted by atomic mass is 10.1. The van der Waals surface area contributed by atoms with Gasteiger partial charge in [0, 0.05) is 19.3 Å². The molecule has 1 fully saturated rings. The van der Waals surface area contributed by atoms with E-state index in [0.29, 0.717) is 16.9 Å². The molecule has 1 aliphatic heterocycles. The first-order chi connectivity index (χ1) is 12.4. The van der Waals surface area contributed by atoms with E-state index in [-0.39, 0.29) is 11.1 Å². The maximum atomic E-state index is 13.2. The largest absolute Gasteiger partial charge is 0.343 e. The third-order valence-electron chi connectivity index (χ3n) is 5.00. The molecule has 0 aliphatic carbocycles. The zero-order valence-corrected chi connectivity index (χ0v) is 15.5. The van der Waals surface area contributed by atoms with Gasteiger partial charge in [0.1, 0.15) is 5.82 Å². The number of nitrogens with zero attached hydrogens (tertiary/aromatic N) is 4. The summed E-state index contributed by atoms with van der Waals surface area (Å²) in [7, 11) is -2.36. The molecular formula is C17H21N5O3S. The highest BCUT2D eigenvalue weighted by Crippen LogP contribution is 2.25. The molecule has 8 nitrogen and oxygen atoms in total. The van der Waals surface area contributed by atoms with Crippen LogP contribution in [0, 0.1) is 6.92 Å². The maximum Gasteiger partial charge on any atom is 0.343 e. The molecule has 3 heterocycles. The van der Waals surface area contributed by atoms with Crippen LogP contribution in [-0.4, -0.2) is 39.6 Å². The smallest absolute Gasteiger partial charge is 0.337 e. The van der Waals surface area contributed by atoms with Crippen LogP contribution in [0.1, 0.15) is 24.7 Å². The summed E-state index contributed by atoms with van der Waals surface area (Å²) in [5, 5.41) is 3.15. The molecule has 0 radical (unpaired) electrons. The van der Waals surface area contributed by atoms with Gasteiger partial charge in [-0.2, -0.15) is 12.4 Å². The molecule has 3 aromatic rings. The highest BCUT2D eigenvalue weighted by atomic mass is 32.2. The molecule has 0 spiro atoms. The average molecular weight is 375 g/mol. The average Bonchev–Trinajstić information content (AvgIpc) is 3.12. The highest BCUT2D eigenvalue weighted by molar-refractivity contribution is 7.90. The van der Waals surface area contributed by atoms with E-state index >= 15 is 0 Å². The summed E-state index contributed by atoms with van der Waals surface area (Å²) in [6.45, 7) is 3.34. The first-order valence-electron chi connectivity index (χ1n) is 8.59. The molecule has 0 saturated carbocycles. The fraction of sp³-hybridized carbons (Fsp3) is 0.412. The van der Waals surface area contributed by atoms with E-state index in [1.807, 2.05) is 6.07 Å². The van der Waals surface area contributed by atoms with E-state index in [0.717, 1.165) is 29.9 Å². The molecule has 1 aromatic carbocycles. The van der Waals surface area contributed by atoms with Crippen molar-refractivity contribution in [1.82, 2.24) is 23.4 Å². The van der Waals surface area contributed by atoms with E-state index in [1.165, 1.54) is 6.20 Å². The van der Waals surface area contributed by atoms with Gasteiger partial charge in [0.25, 0.3) is 10.0 Å².